The minimum absolute atomic E-state index is 0.0749. The first-order chi connectivity index (χ1) is 15.6. The molecular formula is C27H49N3O4. The van der Waals surface area contributed by atoms with E-state index in [-0.39, 0.29) is 41.8 Å². The van der Waals surface area contributed by atoms with Crippen molar-refractivity contribution < 1.29 is 19.1 Å². The molecule has 1 aliphatic heterocycles. The van der Waals surface area contributed by atoms with Crippen molar-refractivity contribution in [1.82, 2.24) is 15.1 Å². The minimum atomic E-state index is -0.684. The van der Waals surface area contributed by atoms with Crippen LogP contribution in [0.25, 0.3) is 0 Å². The molecule has 7 nitrogen and oxygen atoms in total. The van der Waals surface area contributed by atoms with Crippen LogP contribution in [0.4, 0.5) is 0 Å². The number of ether oxygens (including phenoxy) is 1. The van der Waals surface area contributed by atoms with Gasteiger partial charge in [0, 0.05) is 25.2 Å². The van der Waals surface area contributed by atoms with Crippen LogP contribution in [0.5, 0.6) is 0 Å². The average molecular weight is 480 g/mol. The summed E-state index contributed by atoms with van der Waals surface area (Å²) in [5.74, 6) is 0.00842. The van der Waals surface area contributed by atoms with E-state index in [4.69, 9.17) is 4.74 Å². The number of carbonyl (C=O) groups excluding carboxylic acids is 3. The number of carbonyl (C=O) groups is 3. The lowest BCUT2D eigenvalue weighted by atomic mass is 9.84. The lowest BCUT2D eigenvalue weighted by Gasteiger charge is -2.42. The molecule has 0 aromatic heterocycles. The van der Waals surface area contributed by atoms with Crippen molar-refractivity contribution in [1.29, 1.82) is 0 Å². The number of nitrogens with zero attached hydrogens (tertiary/aromatic N) is 2. The Morgan fingerprint density at radius 3 is 2.21 bits per heavy atom. The summed E-state index contributed by atoms with van der Waals surface area (Å²) in [7, 11) is 1.75. The van der Waals surface area contributed by atoms with Gasteiger partial charge in [-0.15, -0.1) is 0 Å². The van der Waals surface area contributed by atoms with Gasteiger partial charge in [-0.25, -0.2) is 4.79 Å². The molecule has 196 valence electrons. The van der Waals surface area contributed by atoms with E-state index in [1.165, 1.54) is 0 Å². The Morgan fingerprint density at radius 1 is 1.15 bits per heavy atom. The van der Waals surface area contributed by atoms with E-state index in [1.54, 1.807) is 31.9 Å². The van der Waals surface area contributed by atoms with Crippen molar-refractivity contribution in [3.8, 4) is 0 Å². The zero-order valence-corrected chi connectivity index (χ0v) is 23.4. The average Bonchev–Trinajstić information content (AvgIpc) is 2.73. The highest BCUT2D eigenvalue weighted by molar-refractivity contribution is 5.91. The molecule has 1 aliphatic rings. The van der Waals surface area contributed by atoms with Crippen molar-refractivity contribution >= 4 is 17.8 Å². The zero-order chi connectivity index (χ0) is 26.4. The standard InChI is InChI=1S/C27H49N3O4/c1-12-34-26(33)20(7)15-22(17(2)3)29(11)25(32)23(27(8,9)10)28-24(31)21-14-13-19(6)16-30(21)18(4)5/h15,17-19,21-23H,12-14,16H2,1-11H3,(H,28,31)/t19-,21?,22+,23+/m0/s1. The fourth-order valence-electron chi connectivity index (χ4n) is 4.60. The molecule has 7 heteroatoms. The van der Waals surface area contributed by atoms with Gasteiger partial charge >= 0.3 is 5.97 Å². The van der Waals surface area contributed by atoms with Gasteiger partial charge in [0.25, 0.3) is 0 Å². The maximum absolute atomic E-state index is 13.8. The minimum Gasteiger partial charge on any atom is -0.463 e. The molecule has 4 atom stereocenters. The van der Waals surface area contributed by atoms with Gasteiger partial charge in [0.2, 0.25) is 11.8 Å². The highest BCUT2D eigenvalue weighted by atomic mass is 16.5. The molecule has 1 N–H and O–H groups in total. The van der Waals surface area contributed by atoms with Crippen LogP contribution in [-0.4, -0.2) is 72.0 Å². The number of rotatable bonds is 9. The van der Waals surface area contributed by atoms with E-state index in [0.717, 1.165) is 19.4 Å². The van der Waals surface area contributed by atoms with E-state index < -0.39 is 11.5 Å². The largest absolute Gasteiger partial charge is 0.463 e. The van der Waals surface area contributed by atoms with Crippen LogP contribution in [0.1, 0.15) is 82.1 Å². The van der Waals surface area contributed by atoms with Gasteiger partial charge < -0.3 is 15.0 Å². The van der Waals surface area contributed by atoms with Crippen LogP contribution in [0, 0.1) is 17.3 Å². The summed E-state index contributed by atoms with van der Waals surface area (Å²) in [5, 5.41) is 3.11. The van der Waals surface area contributed by atoms with Crippen LogP contribution in [-0.2, 0) is 19.1 Å². The molecule has 0 aliphatic carbocycles. The van der Waals surface area contributed by atoms with E-state index in [9.17, 15) is 14.4 Å². The number of hydrogen-bond donors (Lipinski definition) is 1. The summed E-state index contributed by atoms with van der Waals surface area (Å²) >= 11 is 0. The molecule has 0 aromatic rings. The first kappa shape index (κ1) is 30.1. The molecule has 2 amide bonds. The third kappa shape index (κ3) is 8.10. The van der Waals surface area contributed by atoms with Gasteiger partial charge in [-0.05, 0) is 57.8 Å². The number of amides is 2. The van der Waals surface area contributed by atoms with Gasteiger partial charge in [0.15, 0.2) is 0 Å². The van der Waals surface area contributed by atoms with E-state index in [0.29, 0.717) is 18.1 Å². The predicted molar refractivity (Wildman–Crippen MR) is 137 cm³/mol. The van der Waals surface area contributed by atoms with E-state index in [1.807, 2.05) is 34.6 Å². The molecule has 1 heterocycles. The lowest BCUT2D eigenvalue weighted by Crippen LogP contribution is -2.61. The number of piperidine rings is 1. The van der Waals surface area contributed by atoms with Crippen LogP contribution in [0.15, 0.2) is 11.6 Å². The first-order valence-corrected chi connectivity index (χ1v) is 12.8. The second kappa shape index (κ2) is 12.7. The molecule has 0 radical (unpaired) electrons. The monoisotopic (exact) mass is 479 g/mol. The van der Waals surface area contributed by atoms with E-state index >= 15 is 0 Å². The van der Waals surface area contributed by atoms with Gasteiger partial charge in [-0.3, -0.25) is 14.5 Å². The van der Waals surface area contributed by atoms with Crippen LogP contribution in [0.3, 0.4) is 0 Å². The van der Waals surface area contributed by atoms with Crippen LogP contribution in [0.2, 0.25) is 0 Å². The molecular weight excluding hydrogens is 430 g/mol. The van der Waals surface area contributed by atoms with Crippen molar-refractivity contribution in [3.05, 3.63) is 11.6 Å². The van der Waals surface area contributed by atoms with Gasteiger partial charge in [-0.2, -0.15) is 0 Å². The molecule has 0 aromatic carbocycles. The Labute approximate surface area is 207 Å². The molecule has 0 spiro atoms. The number of likely N-dealkylation sites (N-methyl/N-ethyl adjacent to an activating group) is 1. The SMILES string of the molecule is CCOC(=O)C(C)=C[C@H](C(C)C)N(C)C(=O)[C@@H](NC(=O)C1CC[C@H](C)CN1C(C)C)C(C)(C)C. The maximum atomic E-state index is 13.8. The van der Waals surface area contributed by atoms with Gasteiger partial charge in [-0.1, -0.05) is 47.6 Å². The zero-order valence-electron chi connectivity index (χ0n) is 23.4. The summed E-state index contributed by atoms with van der Waals surface area (Å²) in [6.07, 6.45) is 3.59. The van der Waals surface area contributed by atoms with E-state index in [2.05, 4.69) is 31.0 Å². The Kier molecular flexibility index (Phi) is 11.3. The third-order valence-corrected chi connectivity index (χ3v) is 6.72. The summed E-state index contributed by atoms with van der Waals surface area (Å²) in [5.41, 5.74) is -0.00648. The molecule has 1 fully saturated rings. The molecule has 34 heavy (non-hydrogen) atoms. The Morgan fingerprint density at radius 2 is 1.74 bits per heavy atom. The van der Waals surface area contributed by atoms with Crippen molar-refractivity contribution in [2.24, 2.45) is 17.3 Å². The molecule has 1 rings (SSSR count). The first-order valence-electron chi connectivity index (χ1n) is 12.8. The second-order valence-electron chi connectivity index (χ2n) is 11.6. The van der Waals surface area contributed by atoms with Crippen molar-refractivity contribution in [3.63, 3.8) is 0 Å². The third-order valence-electron chi connectivity index (χ3n) is 6.72. The number of esters is 1. The Hall–Kier alpha value is -1.89. The molecule has 0 saturated carbocycles. The van der Waals surface area contributed by atoms with Crippen molar-refractivity contribution in [2.45, 2.75) is 106 Å². The van der Waals surface area contributed by atoms with Crippen LogP contribution < -0.4 is 5.32 Å². The Bertz CT molecular complexity index is 739. The highest BCUT2D eigenvalue weighted by Gasteiger charge is 2.40. The summed E-state index contributed by atoms with van der Waals surface area (Å²) in [4.78, 5) is 43.3. The molecule has 0 bridgehead atoms. The second-order valence-corrected chi connectivity index (χ2v) is 11.6. The number of hydrogen-bond acceptors (Lipinski definition) is 5. The number of likely N-dealkylation sites (tertiary alicyclic amines) is 1. The normalized spacial score (nSPS) is 21.9. The lowest BCUT2D eigenvalue weighted by molar-refractivity contribution is -0.142. The molecule has 1 saturated heterocycles. The fourth-order valence-corrected chi connectivity index (χ4v) is 4.60. The van der Waals surface area contributed by atoms with Gasteiger partial charge in [0.05, 0.1) is 18.7 Å². The number of nitrogens with one attached hydrogen (secondary N) is 1. The smallest absolute Gasteiger partial charge is 0.333 e. The Balaban J connectivity index is 3.17. The van der Waals surface area contributed by atoms with Crippen molar-refractivity contribution in [2.75, 3.05) is 20.2 Å². The topological polar surface area (TPSA) is 79.0 Å². The fraction of sp³-hybridized carbons (Fsp3) is 0.815. The summed E-state index contributed by atoms with van der Waals surface area (Å²) in [6, 6.07) is -0.963. The summed E-state index contributed by atoms with van der Waals surface area (Å²) < 4.78 is 5.11. The summed E-state index contributed by atoms with van der Waals surface area (Å²) in [6.45, 7) is 21.0. The van der Waals surface area contributed by atoms with Gasteiger partial charge in [0.1, 0.15) is 6.04 Å². The van der Waals surface area contributed by atoms with Crippen LogP contribution >= 0.6 is 0 Å². The maximum Gasteiger partial charge on any atom is 0.333 e. The predicted octanol–water partition coefficient (Wildman–Crippen LogP) is 4.02. The quantitative estimate of drug-likeness (QED) is 0.399. The molecule has 1 unspecified atom stereocenters. The highest BCUT2D eigenvalue weighted by Crippen LogP contribution is 2.27.